The van der Waals surface area contributed by atoms with Gasteiger partial charge in [0, 0.05) is 54.9 Å². The molecular weight excluding hydrogens is 788 g/mol. The number of aromatic nitrogens is 1. The summed E-state index contributed by atoms with van der Waals surface area (Å²) in [5, 5.41) is 16.9. The Bertz CT molecular complexity index is 1850. The number of carbonyl (C=O) groups excluding carboxylic acids is 5. The molecule has 4 unspecified atom stereocenters. The van der Waals surface area contributed by atoms with Crippen LogP contribution >= 0.6 is 11.3 Å². The Morgan fingerprint density at radius 1 is 1.08 bits per heavy atom. The lowest BCUT2D eigenvalue weighted by atomic mass is 9.73. The summed E-state index contributed by atoms with van der Waals surface area (Å²) in [4.78, 5) is 76.6. The van der Waals surface area contributed by atoms with Crippen molar-refractivity contribution in [2.45, 2.75) is 134 Å². The van der Waals surface area contributed by atoms with Crippen molar-refractivity contribution in [3.05, 3.63) is 41.4 Å². The predicted octanol–water partition coefficient (Wildman–Crippen LogP) is 4.03. The summed E-state index contributed by atoms with van der Waals surface area (Å²) in [5.74, 6) is -6.57. The number of alkyl carbamates (subject to hydrolysis) is 1. The standard InChI is InChI=1S/C42H59FN4O11S/c1-22-21-40(5,54-10)36(57-37-33(50)28(47(8)9)19-23(2)55-37)25(4)35(51)41(6,43)38(52)56-30(42(7)34(24(3)32(22)49)46-39(53)58-42)16-18-45-31(48)20-26-14-15-29(59-26)27-13-11-12-17-44-27/h11-15,17,22-25,28,30,33-34,36-37,50H,16,18-21H2,1-10H3,(H,45,48)(H,46,53)/t22-,23?,24+,25+,28?,30-,33?,34-,36-,37?,40-,41+,42-/m1/s1. The number of cyclic esters (lactones) is 1. The molecule has 3 aliphatic heterocycles. The average molecular weight is 847 g/mol. The van der Waals surface area contributed by atoms with Crippen LogP contribution in [0.2, 0.25) is 0 Å². The zero-order valence-electron chi connectivity index (χ0n) is 35.5. The van der Waals surface area contributed by atoms with Crippen LogP contribution in [-0.4, -0.2) is 132 Å². The van der Waals surface area contributed by atoms with E-state index in [-0.39, 0.29) is 49.6 Å². The molecule has 3 fully saturated rings. The van der Waals surface area contributed by atoms with E-state index in [2.05, 4.69) is 15.6 Å². The molecule has 15 nitrogen and oxygen atoms in total. The number of esters is 1. The number of halogens is 1. The van der Waals surface area contributed by atoms with Gasteiger partial charge in [-0.15, -0.1) is 11.3 Å². The molecule has 13 atom stereocenters. The van der Waals surface area contributed by atoms with Gasteiger partial charge in [-0.05, 0) is 78.9 Å². The third kappa shape index (κ3) is 9.86. The fraction of sp³-hybridized carbons (Fsp3) is 0.667. The molecule has 2 aromatic heterocycles. The van der Waals surface area contributed by atoms with Gasteiger partial charge in [0.1, 0.15) is 18.0 Å². The Hall–Kier alpha value is -3.87. The largest absolute Gasteiger partial charge is 0.455 e. The number of aliphatic hydroxyl groups is 1. The molecule has 2 aromatic rings. The number of nitrogens with one attached hydrogen (secondary N) is 2. The SMILES string of the molecule is CO[C@]1(C)C[C@@H](C)C(=O)[C@H](C)[C@H]2NC(=O)O[C@]2(C)[C@@H](CCNC(=O)Cc2ccc(-c3ccccn3)s2)OC(=O)[C@@](C)(F)C(=O)[C@H](C)[C@H]1OC1OC(C)CC(N(C)C)C1O. The molecule has 59 heavy (non-hydrogen) atoms. The van der Waals surface area contributed by atoms with E-state index in [0.717, 1.165) is 22.4 Å². The Labute approximate surface area is 349 Å². The zero-order valence-corrected chi connectivity index (χ0v) is 36.3. The van der Waals surface area contributed by atoms with Crippen molar-refractivity contribution in [2.24, 2.45) is 17.8 Å². The van der Waals surface area contributed by atoms with Crippen molar-refractivity contribution in [1.82, 2.24) is 20.5 Å². The summed E-state index contributed by atoms with van der Waals surface area (Å²) in [5.41, 5.74) is -5.71. The minimum Gasteiger partial charge on any atom is -0.455 e. The quantitative estimate of drug-likeness (QED) is 0.230. The maximum atomic E-state index is 17.0. The van der Waals surface area contributed by atoms with Crippen molar-refractivity contribution >= 4 is 40.9 Å². The first kappa shape index (κ1) is 46.2. The van der Waals surface area contributed by atoms with Crippen molar-refractivity contribution in [3.8, 4) is 10.6 Å². The third-order valence-corrected chi connectivity index (χ3v) is 13.3. The van der Waals surface area contributed by atoms with Gasteiger partial charge in [0.15, 0.2) is 17.7 Å². The van der Waals surface area contributed by atoms with Crippen LogP contribution < -0.4 is 10.6 Å². The summed E-state index contributed by atoms with van der Waals surface area (Å²) in [7, 11) is 4.98. The highest BCUT2D eigenvalue weighted by Gasteiger charge is 2.59. The van der Waals surface area contributed by atoms with E-state index in [1.807, 2.05) is 42.2 Å². The van der Waals surface area contributed by atoms with Gasteiger partial charge in [-0.25, -0.2) is 14.0 Å². The van der Waals surface area contributed by atoms with E-state index in [1.54, 1.807) is 41.1 Å². The second-order valence-electron chi connectivity index (χ2n) is 17.0. The van der Waals surface area contributed by atoms with E-state index in [9.17, 15) is 29.1 Å². The number of nitrogens with zero attached hydrogens (tertiary/aromatic N) is 2. The Morgan fingerprint density at radius 2 is 1.80 bits per heavy atom. The number of methoxy groups -OCH3 is 1. The number of rotatable bonds is 10. The molecule has 0 spiro atoms. The van der Waals surface area contributed by atoms with E-state index in [4.69, 9.17) is 23.7 Å². The summed E-state index contributed by atoms with van der Waals surface area (Å²) >= 11 is 1.42. The predicted molar refractivity (Wildman–Crippen MR) is 215 cm³/mol. The molecule has 0 saturated carbocycles. The van der Waals surface area contributed by atoms with E-state index >= 15 is 4.39 Å². The molecule has 17 heteroatoms. The molecule has 3 aliphatic rings. The molecule has 0 aromatic carbocycles. The number of alkyl halides is 1. The smallest absolute Gasteiger partial charge is 0.408 e. The normalized spacial score (nSPS) is 37.2. The van der Waals surface area contributed by atoms with Crippen molar-refractivity contribution < 1.29 is 57.2 Å². The van der Waals surface area contributed by atoms with Crippen LogP contribution in [0.4, 0.5) is 9.18 Å². The highest BCUT2D eigenvalue weighted by Crippen LogP contribution is 2.41. The minimum absolute atomic E-state index is 0.0397. The van der Waals surface area contributed by atoms with Crippen molar-refractivity contribution in [2.75, 3.05) is 27.7 Å². The Kier molecular flexibility index (Phi) is 14.4. The lowest BCUT2D eigenvalue weighted by Crippen LogP contribution is -2.61. The van der Waals surface area contributed by atoms with Gasteiger partial charge in [0.25, 0.3) is 5.67 Å². The third-order valence-electron chi connectivity index (χ3n) is 12.2. The van der Waals surface area contributed by atoms with Gasteiger partial charge in [-0.1, -0.05) is 26.8 Å². The molecule has 0 aliphatic carbocycles. The van der Waals surface area contributed by atoms with E-state index in [0.29, 0.717) is 6.42 Å². The van der Waals surface area contributed by atoms with E-state index in [1.165, 1.54) is 32.3 Å². The second-order valence-corrected chi connectivity index (χ2v) is 18.2. The highest BCUT2D eigenvalue weighted by molar-refractivity contribution is 7.15. The molecule has 326 valence electrons. The monoisotopic (exact) mass is 846 g/mol. The zero-order chi connectivity index (χ0) is 43.6. The van der Waals surface area contributed by atoms with Gasteiger partial charge in [0.2, 0.25) is 5.91 Å². The molecule has 0 bridgehead atoms. The summed E-state index contributed by atoms with van der Waals surface area (Å²) in [6, 6.07) is 7.81. The number of amides is 2. The molecule has 0 radical (unpaired) electrons. The highest BCUT2D eigenvalue weighted by atomic mass is 32.1. The second kappa shape index (κ2) is 18.4. The van der Waals surface area contributed by atoms with E-state index < -0.39 is 83.1 Å². The summed E-state index contributed by atoms with van der Waals surface area (Å²) < 4.78 is 47.1. The number of carbonyl (C=O) groups is 5. The van der Waals surface area contributed by atoms with Crippen LogP contribution in [0.3, 0.4) is 0 Å². The number of likely N-dealkylation sites (N-methyl/N-ethyl adjacent to an activating group) is 1. The first-order chi connectivity index (χ1) is 27.6. The van der Waals surface area contributed by atoms with Crippen molar-refractivity contribution in [1.29, 1.82) is 0 Å². The topological polar surface area (TPSA) is 192 Å². The number of fused-ring (bicyclic) bond motifs is 1. The van der Waals surface area contributed by atoms with Crippen LogP contribution in [0.1, 0.15) is 72.6 Å². The van der Waals surface area contributed by atoms with Gasteiger partial charge in [-0.2, -0.15) is 0 Å². The van der Waals surface area contributed by atoms with Crippen LogP contribution in [0.5, 0.6) is 0 Å². The van der Waals surface area contributed by atoms with Crippen molar-refractivity contribution in [3.63, 3.8) is 0 Å². The number of thiophene rings is 1. The number of pyridine rings is 1. The number of Topliss-reactive ketones (excluding diaryl/α,β-unsaturated/α-hetero) is 2. The van der Waals surface area contributed by atoms with Crippen LogP contribution in [0, 0.1) is 17.8 Å². The van der Waals surface area contributed by atoms with Gasteiger partial charge in [0.05, 0.1) is 40.8 Å². The fourth-order valence-corrected chi connectivity index (χ4v) is 9.71. The fourth-order valence-electron chi connectivity index (χ4n) is 8.73. The molecule has 3 saturated heterocycles. The van der Waals surface area contributed by atoms with Crippen LogP contribution in [-0.2, 0) is 49.3 Å². The van der Waals surface area contributed by atoms with Gasteiger partial charge < -0.3 is 44.3 Å². The number of ether oxygens (including phenoxy) is 5. The summed E-state index contributed by atoms with van der Waals surface area (Å²) in [6.07, 6.45) is -4.50. The first-order valence-corrected chi connectivity index (χ1v) is 20.9. The maximum absolute atomic E-state index is 17.0. The lowest BCUT2D eigenvalue weighted by Gasteiger charge is -2.47. The molecular formula is C42H59FN4O11S. The number of aliphatic hydroxyl groups excluding tert-OH is 1. The number of hydrogen-bond donors (Lipinski definition) is 3. The average Bonchev–Trinajstić information content (AvgIpc) is 3.79. The van der Waals surface area contributed by atoms with Gasteiger partial charge in [-0.3, -0.25) is 19.4 Å². The Morgan fingerprint density at radius 3 is 2.44 bits per heavy atom. The minimum atomic E-state index is -3.27. The van der Waals surface area contributed by atoms with Crippen LogP contribution in [0.15, 0.2) is 36.5 Å². The number of ketones is 2. The molecule has 5 rings (SSSR count). The number of hydrogen-bond acceptors (Lipinski definition) is 14. The molecule has 2 amide bonds. The Balaban J connectivity index is 1.44. The summed E-state index contributed by atoms with van der Waals surface area (Å²) in [6.45, 7) is 10.3. The molecule has 5 heterocycles. The maximum Gasteiger partial charge on any atom is 0.408 e. The van der Waals surface area contributed by atoms with Crippen LogP contribution in [0.25, 0.3) is 10.6 Å². The lowest BCUT2D eigenvalue weighted by molar-refractivity contribution is -0.295. The first-order valence-electron chi connectivity index (χ1n) is 20.1. The molecule has 3 N–H and O–H groups in total. The van der Waals surface area contributed by atoms with Gasteiger partial charge >= 0.3 is 12.1 Å².